The maximum Gasteiger partial charge on any atom is 0.224 e. The zero-order chi connectivity index (χ0) is 33.9. The van der Waals surface area contributed by atoms with E-state index < -0.39 is 39.4 Å². The molecular weight excluding hydrogens is 556 g/mol. The molecule has 0 saturated carbocycles. The fraction of sp³-hybridized carbons (Fsp3) is 0.611. The predicted octanol–water partition coefficient (Wildman–Crippen LogP) is 7.91. The van der Waals surface area contributed by atoms with Crippen LogP contribution in [0.5, 0.6) is 0 Å². The van der Waals surface area contributed by atoms with Crippen molar-refractivity contribution in [1.82, 2.24) is 4.90 Å². The molecule has 0 bridgehead atoms. The number of hydrogen-bond donors (Lipinski definition) is 1. The normalized spacial score (nSPS) is 13.6. The van der Waals surface area contributed by atoms with Crippen LogP contribution >= 0.6 is 0 Å². The van der Waals surface area contributed by atoms with E-state index in [1.165, 1.54) is 0 Å². The predicted molar refractivity (Wildman–Crippen MR) is 174 cm³/mol. The molecule has 0 aliphatic carbocycles. The fourth-order valence-electron chi connectivity index (χ4n) is 5.04. The Labute approximate surface area is 265 Å². The summed E-state index contributed by atoms with van der Waals surface area (Å²) >= 11 is 0. The van der Waals surface area contributed by atoms with Gasteiger partial charge in [-0.15, -0.1) is 0 Å². The second-order valence-electron chi connectivity index (χ2n) is 15.5. The highest BCUT2D eigenvalue weighted by Crippen LogP contribution is 2.41. The molecule has 0 aliphatic rings. The lowest BCUT2D eigenvalue weighted by molar-refractivity contribution is -0.401. The number of carbonyl (C=O) groups is 2. The first-order valence-corrected chi connectivity index (χ1v) is 15.4. The Morgan fingerprint density at radius 2 is 0.818 bits per heavy atom. The highest BCUT2D eigenvalue weighted by Gasteiger charge is 2.43. The molecule has 246 valence electrons. The summed E-state index contributed by atoms with van der Waals surface area (Å²) in [7, 11) is 0. The minimum absolute atomic E-state index is 0.00832. The summed E-state index contributed by atoms with van der Waals surface area (Å²) in [6, 6.07) is 16.1. The third-order valence-corrected chi connectivity index (χ3v) is 7.53. The third-order valence-electron chi connectivity index (χ3n) is 7.53. The summed E-state index contributed by atoms with van der Waals surface area (Å²) in [5, 5.41) is 0. The lowest BCUT2D eigenvalue weighted by Crippen LogP contribution is -2.55. The van der Waals surface area contributed by atoms with E-state index in [9.17, 15) is 9.59 Å². The quantitative estimate of drug-likeness (QED) is 0.182. The van der Waals surface area contributed by atoms with Gasteiger partial charge >= 0.3 is 0 Å². The van der Waals surface area contributed by atoms with E-state index in [1.807, 2.05) is 150 Å². The molecule has 0 radical (unpaired) electrons. The minimum Gasteiger partial charge on any atom is -0.370 e. The Balaban J connectivity index is 2.49. The van der Waals surface area contributed by atoms with Gasteiger partial charge in [0, 0.05) is 12.8 Å². The first-order valence-electron chi connectivity index (χ1n) is 15.4. The number of primary amides is 1. The van der Waals surface area contributed by atoms with E-state index in [0.717, 1.165) is 22.3 Å². The van der Waals surface area contributed by atoms with Gasteiger partial charge in [0.15, 0.2) is 0 Å². The molecule has 0 unspecified atom stereocenters. The minimum atomic E-state index is -0.759. The van der Waals surface area contributed by atoms with Crippen LogP contribution in [0.2, 0.25) is 0 Å². The van der Waals surface area contributed by atoms with Crippen molar-refractivity contribution in [3.63, 3.8) is 0 Å². The molecule has 2 amide bonds. The first-order chi connectivity index (χ1) is 19.8. The largest absolute Gasteiger partial charge is 0.370 e. The van der Waals surface area contributed by atoms with Gasteiger partial charge in [-0.25, -0.2) is 19.6 Å². The van der Waals surface area contributed by atoms with E-state index in [0.29, 0.717) is 0 Å². The number of nitrogens with two attached hydrogens (primary N) is 1. The van der Waals surface area contributed by atoms with Crippen molar-refractivity contribution in [3.8, 4) is 0 Å². The smallest absolute Gasteiger partial charge is 0.224 e. The molecule has 44 heavy (non-hydrogen) atoms. The van der Waals surface area contributed by atoms with Gasteiger partial charge in [-0.05, 0) is 119 Å². The van der Waals surface area contributed by atoms with Crippen LogP contribution in [-0.2, 0) is 51.4 Å². The molecule has 0 heterocycles. The molecule has 8 nitrogen and oxygen atoms in total. The van der Waals surface area contributed by atoms with E-state index in [2.05, 4.69) is 0 Å². The van der Waals surface area contributed by atoms with Gasteiger partial charge in [0.1, 0.15) is 11.2 Å². The topological polar surface area (TPSA) is 100 Å². The average Bonchev–Trinajstić information content (AvgIpc) is 2.89. The molecule has 2 aromatic rings. The lowest BCUT2D eigenvalue weighted by Gasteiger charge is -2.49. The van der Waals surface area contributed by atoms with Gasteiger partial charge in [0.05, 0.1) is 22.3 Å². The summed E-state index contributed by atoms with van der Waals surface area (Å²) in [5.74, 6) is -0.682. The van der Waals surface area contributed by atoms with Crippen LogP contribution in [0.15, 0.2) is 48.5 Å². The first kappa shape index (κ1) is 37.4. The number of nitrogens with zero attached hydrogens (tertiary/aromatic N) is 1. The molecule has 0 fully saturated rings. The molecular formula is C36H56N2O6. The molecule has 2 rings (SSSR count). The molecule has 2 N–H and O–H groups in total. The summed E-state index contributed by atoms with van der Waals surface area (Å²) < 4.78 is 0. The number of amides is 2. The molecule has 0 saturated heterocycles. The summed E-state index contributed by atoms with van der Waals surface area (Å²) in [5.41, 5.74) is 5.38. The SMILES string of the molecule is CC(C)(C)OOC(C)(C)c1ccc(C(C)(C)N(C(=O)CCC(N)=O)C(C)(C)c2ccc(C(C)(C)OOC(C)(C)C)cc2)cc1. The Kier molecular flexibility index (Phi) is 11.3. The average molecular weight is 613 g/mol. The lowest BCUT2D eigenvalue weighted by atomic mass is 9.81. The van der Waals surface area contributed by atoms with Crippen LogP contribution < -0.4 is 5.73 Å². The summed E-state index contributed by atoms with van der Waals surface area (Å²) in [4.78, 5) is 50.3. The van der Waals surface area contributed by atoms with Crippen molar-refractivity contribution in [2.75, 3.05) is 0 Å². The van der Waals surface area contributed by atoms with Crippen molar-refractivity contribution >= 4 is 11.8 Å². The monoisotopic (exact) mass is 612 g/mol. The Morgan fingerprint density at radius 3 is 1.09 bits per heavy atom. The maximum absolute atomic E-state index is 13.9. The van der Waals surface area contributed by atoms with Crippen LogP contribution in [0.3, 0.4) is 0 Å². The highest BCUT2D eigenvalue weighted by molar-refractivity contribution is 5.84. The van der Waals surface area contributed by atoms with E-state index in [1.54, 1.807) is 0 Å². The summed E-state index contributed by atoms with van der Waals surface area (Å²) in [6.45, 7) is 27.5. The van der Waals surface area contributed by atoms with E-state index in [4.69, 9.17) is 25.3 Å². The number of carbonyl (C=O) groups excluding carboxylic acids is 2. The number of rotatable bonds is 13. The van der Waals surface area contributed by atoms with Crippen LogP contribution in [0.4, 0.5) is 0 Å². The Morgan fingerprint density at radius 1 is 0.523 bits per heavy atom. The van der Waals surface area contributed by atoms with Crippen molar-refractivity contribution in [3.05, 3.63) is 70.8 Å². The van der Waals surface area contributed by atoms with Gasteiger partial charge in [0.25, 0.3) is 0 Å². The maximum atomic E-state index is 13.9. The third kappa shape index (κ3) is 9.86. The Hall–Kier alpha value is -2.78. The van der Waals surface area contributed by atoms with Crippen LogP contribution in [-0.4, -0.2) is 27.9 Å². The van der Waals surface area contributed by atoms with Crippen LogP contribution in [0.1, 0.15) is 132 Å². The van der Waals surface area contributed by atoms with Crippen LogP contribution in [0.25, 0.3) is 0 Å². The van der Waals surface area contributed by atoms with Crippen molar-refractivity contribution in [2.45, 2.75) is 143 Å². The van der Waals surface area contributed by atoms with Gasteiger partial charge < -0.3 is 10.6 Å². The van der Waals surface area contributed by atoms with E-state index >= 15 is 0 Å². The van der Waals surface area contributed by atoms with Crippen LogP contribution in [0, 0.1) is 0 Å². The van der Waals surface area contributed by atoms with Gasteiger partial charge in [0.2, 0.25) is 11.8 Å². The number of hydrogen-bond acceptors (Lipinski definition) is 6. The summed E-state index contributed by atoms with van der Waals surface area (Å²) in [6.07, 6.45) is -0.0215. The molecule has 0 spiro atoms. The molecule has 0 atom stereocenters. The van der Waals surface area contributed by atoms with Gasteiger partial charge in [-0.2, -0.15) is 0 Å². The Bertz CT molecular complexity index is 1180. The standard InChI is InChI=1S/C36H56N2O6/c1-31(2,3)41-43-35(11,12)27-19-15-25(16-20-27)33(7,8)38(30(40)24-23-29(37)39)34(9,10)26-17-21-28(22-18-26)36(13,14)44-42-32(4,5)6/h15-22H,23-24H2,1-14H3,(H2,37,39). The van der Waals surface area contributed by atoms with E-state index in [-0.39, 0.29) is 18.7 Å². The van der Waals surface area contributed by atoms with Crippen molar-refractivity contribution in [2.24, 2.45) is 5.73 Å². The molecule has 0 aliphatic heterocycles. The van der Waals surface area contributed by atoms with Crippen molar-refractivity contribution in [1.29, 1.82) is 0 Å². The van der Waals surface area contributed by atoms with Crippen molar-refractivity contribution < 1.29 is 29.1 Å². The molecule has 2 aromatic carbocycles. The highest BCUT2D eigenvalue weighted by atomic mass is 17.2. The second-order valence-corrected chi connectivity index (χ2v) is 15.5. The number of benzene rings is 2. The fourth-order valence-corrected chi connectivity index (χ4v) is 5.04. The zero-order valence-corrected chi connectivity index (χ0v) is 29.5. The molecule has 0 aromatic heterocycles. The zero-order valence-electron chi connectivity index (χ0n) is 29.5. The molecule has 8 heteroatoms. The van der Waals surface area contributed by atoms with Gasteiger partial charge in [-0.3, -0.25) is 9.59 Å². The second kappa shape index (κ2) is 13.3. The van der Waals surface area contributed by atoms with Gasteiger partial charge in [-0.1, -0.05) is 48.5 Å².